The topological polar surface area (TPSA) is 123 Å². The predicted molar refractivity (Wildman–Crippen MR) is 137 cm³/mol. The Hall–Kier alpha value is -2.36. The first kappa shape index (κ1) is 31.6. The average Bonchev–Trinajstić information content (AvgIpc) is 2.80. The molecule has 0 heterocycles. The van der Waals surface area contributed by atoms with Gasteiger partial charge in [-0.25, -0.2) is 5.84 Å². The Kier molecular flexibility index (Phi) is 16.8. The quantitative estimate of drug-likeness (QED) is 0.0681. The fraction of sp³-hybridized carbons (Fsp3) is 0.680. The van der Waals surface area contributed by atoms with Gasteiger partial charge in [-0.05, 0) is 44.4 Å². The van der Waals surface area contributed by atoms with Crippen LogP contribution in [-0.4, -0.2) is 74.6 Å². The first-order chi connectivity index (χ1) is 16.1. The van der Waals surface area contributed by atoms with Crippen LogP contribution < -0.4 is 16.9 Å². The van der Waals surface area contributed by atoms with E-state index in [-0.39, 0.29) is 36.3 Å². The summed E-state index contributed by atoms with van der Waals surface area (Å²) in [6, 6.07) is -0.172. The SMILES string of the molecule is CC/C=C\C(=C/C(C)OC)OC/C(=C(/N)C(=O)N(CC(C)C)C(CCC=O)CNCC)N(C)N. The van der Waals surface area contributed by atoms with Crippen molar-refractivity contribution in [2.45, 2.75) is 66.0 Å². The molecule has 0 saturated carbocycles. The zero-order valence-electron chi connectivity index (χ0n) is 22.2. The number of aldehydes is 1. The van der Waals surface area contributed by atoms with Gasteiger partial charge in [0.05, 0.1) is 11.8 Å². The molecule has 0 radical (unpaired) electrons. The smallest absolute Gasteiger partial charge is 0.272 e. The van der Waals surface area contributed by atoms with Crippen LogP contribution in [0.3, 0.4) is 0 Å². The molecule has 196 valence electrons. The molecule has 1 amide bonds. The zero-order chi connectivity index (χ0) is 26.1. The Morgan fingerprint density at radius 3 is 2.38 bits per heavy atom. The third kappa shape index (κ3) is 12.2. The van der Waals surface area contributed by atoms with Crippen molar-refractivity contribution in [1.82, 2.24) is 15.2 Å². The first-order valence-corrected chi connectivity index (χ1v) is 12.1. The lowest BCUT2D eigenvalue weighted by Gasteiger charge is -2.34. The standard InChI is InChI=1S/C25H47N5O4/c1-8-10-13-22(15-20(5)33-7)34-18-23(29(6)27)24(26)25(32)30(17-19(3)4)21(12-11-14-31)16-28-9-2/h10,13-15,19-21,28H,8-9,11-12,16-18,26-27H2,1-7H3/b13-10-,22-15+,24-23-. The van der Waals surface area contributed by atoms with Gasteiger partial charge in [-0.2, -0.15) is 0 Å². The molecule has 0 fully saturated rings. The highest BCUT2D eigenvalue weighted by atomic mass is 16.5. The molecule has 0 saturated heterocycles. The number of amides is 1. The maximum atomic E-state index is 13.6. The Balaban J connectivity index is 6.02. The van der Waals surface area contributed by atoms with E-state index in [1.165, 1.54) is 5.01 Å². The van der Waals surface area contributed by atoms with Crippen molar-refractivity contribution in [3.63, 3.8) is 0 Å². The lowest BCUT2D eigenvalue weighted by Crippen LogP contribution is -2.50. The summed E-state index contributed by atoms with van der Waals surface area (Å²) in [7, 11) is 3.24. The molecule has 0 aliphatic heterocycles. The highest BCUT2D eigenvalue weighted by molar-refractivity contribution is 5.93. The van der Waals surface area contributed by atoms with Crippen LogP contribution in [0.25, 0.3) is 0 Å². The summed E-state index contributed by atoms with van der Waals surface area (Å²) in [6.07, 6.45) is 8.17. The Morgan fingerprint density at radius 2 is 1.88 bits per heavy atom. The van der Waals surface area contributed by atoms with Gasteiger partial charge in [0.25, 0.3) is 5.91 Å². The van der Waals surface area contributed by atoms with Gasteiger partial charge in [0.15, 0.2) is 0 Å². The summed E-state index contributed by atoms with van der Waals surface area (Å²) in [6.45, 7) is 11.9. The minimum absolute atomic E-state index is 0.0165. The second-order valence-electron chi connectivity index (χ2n) is 8.64. The number of likely N-dealkylation sites (N-methyl/N-ethyl adjacent to an activating group) is 2. The van der Waals surface area contributed by atoms with Crippen LogP contribution in [0.4, 0.5) is 0 Å². The molecule has 0 spiro atoms. The molecule has 9 heteroatoms. The van der Waals surface area contributed by atoms with Crippen molar-refractivity contribution in [2.24, 2.45) is 17.5 Å². The van der Waals surface area contributed by atoms with E-state index >= 15 is 0 Å². The van der Waals surface area contributed by atoms with Crippen molar-refractivity contribution in [3.8, 4) is 0 Å². The summed E-state index contributed by atoms with van der Waals surface area (Å²) in [5, 5.41) is 4.60. The summed E-state index contributed by atoms with van der Waals surface area (Å²) < 4.78 is 11.3. The third-order valence-electron chi connectivity index (χ3n) is 5.14. The Morgan fingerprint density at radius 1 is 1.21 bits per heavy atom. The third-order valence-corrected chi connectivity index (χ3v) is 5.14. The second-order valence-corrected chi connectivity index (χ2v) is 8.64. The van der Waals surface area contributed by atoms with Gasteiger partial charge in [0.2, 0.25) is 0 Å². The Bertz CT molecular complexity index is 689. The molecule has 5 N–H and O–H groups in total. The fourth-order valence-corrected chi connectivity index (χ4v) is 3.22. The molecular formula is C25H47N5O4. The highest BCUT2D eigenvalue weighted by Gasteiger charge is 2.28. The van der Waals surface area contributed by atoms with Crippen molar-refractivity contribution in [2.75, 3.05) is 40.4 Å². The minimum atomic E-state index is -0.321. The molecule has 0 aromatic heterocycles. The van der Waals surface area contributed by atoms with Gasteiger partial charge >= 0.3 is 0 Å². The molecule has 0 aliphatic rings. The van der Waals surface area contributed by atoms with Crippen LogP contribution in [0.15, 0.2) is 35.4 Å². The first-order valence-electron chi connectivity index (χ1n) is 12.1. The Labute approximate surface area is 206 Å². The van der Waals surface area contributed by atoms with Crippen LogP contribution >= 0.6 is 0 Å². The van der Waals surface area contributed by atoms with Gasteiger partial charge in [-0.3, -0.25) is 4.79 Å². The molecule has 0 aliphatic carbocycles. The summed E-state index contributed by atoms with van der Waals surface area (Å²) >= 11 is 0. The van der Waals surface area contributed by atoms with E-state index in [0.717, 1.165) is 19.3 Å². The number of methoxy groups -OCH3 is 1. The van der Waals surface area contributed by atoms with E-state index in [1.54, 1.807) is 19.1 Å². The largest absolute Gasteiger partial charge is 0.488 e. The monoisotopic (exact) mass is 481 g/mol. The predicted octanol–water partition coefficient (Wildman–Crippen LogP) is 2.31. The normalized spacial score (nSPS) is 14.7. The number of nitrogens with one attached hydrogen (secondary N) is 1. The second kappa shape index (κ2) is 18.0. The van der Waals surface area contributed by atoms with Crippen molar-refractivity contribution in [3.05, 3.63) is 35.4 Å². The number of allylic oxidation sites excluding steroid dienone is 2. The molecule has 2 unspecified atom stereocenters. The summed E-state index contributed by atoms with van der Waals surface area (Å²) in [5.41, 5.74) is 6.78. The van der Waals surface area contributed by atoms with Gasteiger partial charge in [-0.1, -0.05) is 33.8 Å². The number of ether oxygens (including phenoxy) is 2. The maximum absolute atomic E-state index is 13.6. The molecule has 2 atom stereocenters. The number of nitrogens with two attached hydrogens (primary N) is 2. The summed E-state index contributed by atoms with van der Waals surface area (Å²) in [5.74, 6) is 6.55. The fourth-order valence-electron chi connectivity index (χ4n) is 3.22. The van der Waals surface area contributed by atoms with E-state index in [4.69, 9.17) is 21.1 Å². The molecular weight excluding hydrogens is 434 g/mol. The number of nitrogens with zero attached hydrogens (tertiary/aromatic N) is 2. The molecule has 0 aromatic carbocycles. The number of carbonyl (C=O) groups is 2. The number of rotatable bonds is 18. The summed E-state index contributed by atoms with van der Waals surface area (Å²) in [4.78, 5) is 26.4. The van der Waals surface area contributed by atoms with E-state index in [9.17, 15) is 9.59 Å². The van der Waals surface area contributed by atoms with E-state index in [1.807, 2.05) is 52.8 Å². The van der Waals surface area contributed by atoms with Gasteiger partial charge in [0.1, 0.15) is 24.3 Å². The molecule has 9 nitrogen and oxygen atoms in total. The van der Waals surface area contributed by atoms with Crippen molar-refractivity contribution in [1.29, 1.82) is 0 Å². The average molecular weight is 482 g/mol. The number of hydrogen-bond acceptors (Lipinski definition) is 8. The van der Waals surface area contributed by atoms with Crippen LogP contribution in [-0.2, 0) is 19.1 Å². The van der Waals surface area contributed by atoms with Gasteiger partial charge < -0.3 is 35.2 Å². The van der Waals surface area contributed by atoms with Crippen LogP contribution in [0, 0.1) is 5.92 Å². The molecule has 34 heavy (non-hydrogen) atoms. The van der Waals surface area contributed by atoms with Crippen molar-refractivity contribution < 1.29 is 19.1 Å². The van der Waals surface area contributed by atoms with Gasteiger partial charge in [-0.15, -0.1) is 0 Å². The molecule has 0 bridgehead atoms. The highest BCUT2D eigenvalue weighted by Crippen LogP contribution is 2.16. The minimum Gasteiger partial charge on any atom is -0.488 e. The van der Waals surface area contributed by atoms with Crippen molar-refractivity contribution >= 4 is 12.2 Å². The lowest BCUT2D eigenvalue weighted by molar-refractivity contribution is -0.130. The lowest BCUT2D eigenvalue weighted by atomic mass is 10.1. The number of hydrazine groups is 1. The van der Waals surface area contributed by atoms with E-state index in [0.29, 0.717) is 37.4 Å². The van der Waals surface area contributed by atoms with Crippen LogP contribution in [0.5, 0.6) is 0 Å². The molecule has 0 aromatic rings. The van der Waals surface area contributed by atoms with Crippen LogP contribution in [0.2, 0.25) is 0 Å². The number of hydrogen-bond donors (Lipinski definition) is 3. The van der Waals surface area contributed by atoms with E-state index < -0.39 is 0 Å². The molecule has 0 rings (SSSR count). The maximum Gasteiger partial charge on any atom is 0.272 e. The van der Waals surface area contributed by atoms with E-state index in [2.05, 4.69) is 5.32 Å². The number of carbonyl (C=O) groups excluding carboxylic acids is 2. The zero-order valence-corrected chi connectivity index (χ0v) is 22.2. The van der Waals surface area contributed by atoms with Crippen LogP contribution in [0.1, 0.15) is 53.9 Å². The van der Waals surface area contributed by atoms with Gasteiger partial charge in [0, 0.05) is 39.7 Å².